The van der Waals surface area contributed by atoms with Gasteiger partial charge in [0.05, 0.1) is 20.2 Å². The van der Waals surface area contributed by atoms with Crippen molar-refractivity contribution in [3.63, 3.8) is 0 Å². The molecule has 6 heteroatoms. The summed E-state index contributed by atoms with van der Waals surface area (Å²) in [5.41, 5.74) is 1.05. The number of nitrogens with zero attached hydrogens (tertiary/aromatic N) is 1. The van der Waals surface area contributed by atoms with Gasteiger partial charge in [0.15, 0.2) is 5.96 Å². The van der Waals surface area contributed by atoms with E-state index >= 15 is 0 Å². The molecule has 3 N–H and O–H groups in total. The SMILES string of the molecule is CCNC(=NCc1cccc(OC)c1)NCC(=O)NC1CC1. The molecule has 22 heavy (non-hydrogen) atoms. The van der Waals surface area contributed by atoms with Crippen molar-refractivity contribution in [1.29, 1.82) is 0 Å². The van der Waals surface area contributed by atoms with Crippen LogP contribution in [0.25, 0.3) is 0 Å². The van der Waals surface area contributed by atoms with Gasteiger partial charge in [-0.3, -0.25) is 4.79 Å². The van der Waals surface area contributed by atoms with Crippen molar-refractivity contribution < 1.29 is 9.53 Å². The average Bonchev–Trinajstić information content (AvgIpc) is 3.34. The molecule has 1 saturated carbocycles. The van der Waals surface area contributed by atoms with Crippen LogP contribution in [-0.4, -0.2) is 38.1 Å². The number of rotatable bonds is 7. The van der Waals surface area contributed by atoms with Gasteiger partial charge in [-0.05, 0) is 37.5 Å². The van der Waals surface area contributed by atoms with Crippen LogP contribution in [0.1, 0.15) is 25.3 Å². The molecular weight excluding hydrogens is 280 g/mol. The van der Waals surface area contributed by atoms with E-state index in [0.29, 0.717) is 18.5 Å². The normalized spacial score (nSPS) is 14.4. The second-order valence-electron chi connectivity index (χ2n) is 5.24. The van der Waals surface area contributed by atoms with Crippen LogP contribution in [-0.2, 0) is 11.3 Å². The number of benzene rings is 1. The summed E-state index contributed by atoms with van der Waals surface area (Å²) in [6.07, 6.45) is 2.19. The largest absolute Gasteiger partial charge is 0.497 e. The number of methoxy groups -OCH3 is 1. The highest BCUT2D eigenvalue weighted by Gasteiger charge is 2.22. The van der Waals surface area contributed by atoms with Gasteiger partial charge in [-0.2, -0.15) is 0 Å². The number of hydrogen-bond acceptors (Lipinski definition) is 3. The fourth-order valence-corrected chi connectivity index (χ4v) is 1.95. The first-order valence-electron chi connectivity index (χ1n) is 7.65. The molecule has 1 aliphatic carbocycles. The van der Waals surface area contributed by atoms with Gasteiger partial charge in [0, 0.05) is 12.6 Å². The first-order valence-corrected chi connectivity index (χ1v) is 7.65. The number of carbonyl (C=O) groups is 1. The quantitative estimate of drug-likeness (QED) is 0.519. The molecule has 0 radical (unpaired) electrons. The van der Waals surface area contributed by atoms with Crippen molar-refractivity contribution in [2.75, 3.05) is 20.2 Å². The number of aliphatic imine (C=N–C) groups is 1. The molecule has 1 aromatic carbocycles. The van der Waals surface area contributed by atoms with Gasteiger partial charge in [0.25, 0.3) is 0 Å². The Hall–Kier alpha value is -2.24. The molecule has 1 aromatic rings. The topological polar surface area (TPSA) is 74.8 Å². The predicted molar refractivity (Wildman–Crippen MR) is 87.0 cm³/mol. The molecule has 0 aliphatic heterocycles. The fourth-order valence-electron chi connectivity index (χ4n) is 1.95. The van der Waals surface area contributed by atoms with Gasteiger partial charge in [0.2, 0.25) is 5.91 Å². The van der Waals surface area contributed by atoms with E-state index < -0.39 is 0 Å². The van der Waals surface area contributed by atoms with E-state index in [1.807, 2.05) is 31.2 Å². The average molecular weight is 304 g/mol. The number of amides is 1. The van der Waals surface area contributed by atoms with Crippen molar-refractivity contribution in [2.45, 2.75) is 32.4 Å². The Kier molecular flexibility index (Phi) is 6.06. The van der Waals surface area contributed by atoms with Crippen molar-refractivity contribution >= 4 is 11.9 Å². The molecule has 0 spiro atoms. The van der Waals surface area contributed by atoms with Crippen LogP contribution in [0, 0.1) is 0 Å². The van der Waals surface area contributed by atoms with E-state index in [9.17, 15) is 4.79 Å². The summed E-state index contributed by atoms with van der Waals surface area (Å²) in [5, 5.41) is 9.12. The standard InChI is InChI=1S/C16H24N4O2/c1-3-17-16(19-11-15(21)20-13-7-8-13)18-10-12-5-4-6-14(9-12)22-2/h4-6,9,13H,3,7-8,10-11H2,1-2H3,(H,20,21)(H2,17,18,19). The van der Waals surface area contributed by atoms with E-state index in [-0.39, 0.29) is 12.5 Å². The third-order valence-corrected chi connectivity index (χ3v) is 3.26. The van der Waals surface area contributed by atoms with E-state index in [1.165, 1.54) is 0 Å². The Balaban J connectivity index is 1.86. The molecule has 1 amide bonds. The van der Waals surface area contributed by atoms with Gasteiger partial charge in [-0.1, -0.05) is 12.1 Å². The molecule has 1 fully saturated rings. The zero-order valence-electron chi connectivity index (χ0n) is 13.2. The first kappa shape index (κ1) is 16.1. The molecule has 0 unspecified atom stereocenters. The number of ether oxygens (including phenoxy) is 1. The van der Waals surface area contributed by atoms with Gasteiger partial charge in [-0.25, -0.2) is 4.99 Å². The lowest BCUT2D eigenvalue weighted by atomic mass is 10.2. The Bertz CT molecular complexity index is 527. The lowest BCUT2D eigenvalue weighted by Gasteiger charge is -2.11. The Labute approximate surface area is 131 Å². The summed E-state index contributed by atoms with van der Waals surface area (Å²) >= 11 is 0. The lowest BCUT2D eigenvalue weighted by Crippen LogP contribution is -2.43. The summed E-state index contributed by atoms with van der Waals surface area (Å²) in [5.74, 6) is 1.46. The Morgan fingerprint density at radius 1 is 1.36 bits per heavy atom. The maximum absolute atomic E-state index is 11.7. The summed E-state index contributed by atoms with van der Waals surface area (Å²) in [7, 11) is 1.65. The van der Waals surface area contributed by atoms with Crippen LogP contribution in [0.15, 0.2) is 29.3 Å². The number of nitrogens with one attached hydrogen (secondary N) is 3. The molecule has 0 aromatic heterocycles. The predicted octanol–water partition coefficient (Wildman–Crippen LogP) is 1.03. The zero-order valence-corrected chi connectivity index (χ0v) is 13.2. The van der Waals surface area contributed by atoms with Gasteiger partial charge >= 0.3 is 0 Å². The van der Waals surface area contributed by atoms with Crippen LogP contribution in [0.2, 0.25) is 0 Å². The minimum Gasteiger partial charge on any atom is -0.497 e. The van der Waals surface area contributed by atoms with Crippen molar-refractivity contribution in [1.82, 2.24) is 16.0 Å². The third kappa shape index (κ3) is 5.63. The Morgan fingerprint density at radius 2 is 2.18 bits per heavy atom. The molecular formula is C16H24N4O2. The van der Waals surface area contributed by atoms with E-state index in [0.717, 1.165) is 30.7 Å². The minimum atomic E-state index is 0.00878. The van der Waals surface area contributed by atoms with Crippen molar-refractivity contribution in [3.05, 3.63) is 29.8 Å². The molecule has 0 bridgehead atoms. The summed E-state index contributed by atoms with van der Waals surface area (Å²) in [6, 6.07) is 8.17. The molecule has 0 saturated heterocycles. The zero-order chi connectivity index (χ0) is 15.8. The maximum atomic E-state index is 11.7. The van der Waals surface area contributed by atoms with Crippen LogP contribution < -0.4 is 20.7 Å². The van der Waals surface area contributed by atoms with E-state index in [1.54, 1.807) is 7.11 Å². The fraction of sp³-hybridized carbons (Fsp3) is 0.500. The lowest BCUT2D eigenvalue weighted by molar-refractivity contribution is -0.120. The van der Waals surface area contributed by atoms with Crippen LogP contribution >= 0.6 is 0 Å². The van der Waals surface area contributed by atoms with E-state index in [2.05, 4.69) is 20.9 Å². The number of guanidine groups is 1. The molecule has 6 nitrogen and oxygen atoms in total. The number of carbonyl (C=O) groups excluding carboxylic acids is 1. The summed E-state index contributed by atoms with van der Waals surface area (Å²) in [4.78, 5) is 16.2. The maximum Gasteiger partial charge on any atom is 0.239 e. The van der Waals surface area contributed by atoms with Crippen molar-refractivity contribution in [2.24, 2.45) is 4.99 Å². The minimum absolute atomic E-state index is 0.00878. The molecule has 1 aliphatic rings. The second-order valence-corrected chi connectivity index (χ2v) is 5.24. The van der Waals surface area contributed by atoms with Crippen molar-refractivity contribution in [3.8, 4) is 5.75 Å². The molecule has 0 atom stereocenters. The summed E-state index contributed by atoms with van der Waals surface area (Å²) < 4.78 is 5.20. The third-order valence-electron chi connectivity index (χ3n) is 3.26. The molecule has 2 rings (SSSR count). The summed E-state index contributed by atoms with van der Waals surface area (Å²) in [6.45, 7) is 3.50. The van der Waals surface area contributed by atoms with Gasteiger partial charge in [0.1, 0.15) is 5.75 Å². The highest BCUT2D eigenvalue weighted by Crippen LogP contribution is 2.18. The first-order chi connectivity index (χ1) is 10.7. The number of hydrogen-bond donors (Lipinski definition) is 3. The van der Waals surface area contributed by atoms with Crippen LogP contribution in [0.5, 0.6) is 5.75 Å². The van der Waals surface area contributed by atoms with Gasteiger partial charge < -0.3 is 20.7 Å². The van der Waals surface area contributed by atoms with E-state index in [4.69, 9.17) is 4.74 Å². The van der Waals surface area contributed by atoms with Crippen LogP contribution in [0.4, 0.5) is 0 Å². The Morgan fingerprint density at radius 3 is 2.86 bits per heavy atom. The highest BCUT2D eigenvalue weighted by atomic mass is 16.5. The highest BCUT2D eigenvalue weighted by molar-refractivity contribution is 5.86. The van der Waals surface area contributed by atoms with Gasteiger partial charge in [-0.15, -0.1) is 0 Å². The monoisotopic (exact) mass is 304 g/mol. The smallest absolute Gasteiger partial charge is 0.239 e. The second kappa shape index (κ2) is 8.26. The van der Waals surface area contributed by atoms with Crippen LogP contribution in [0.3, 0.4) is 0 Å². The molecule has 120 valence electrons. The molecule has 0 heterocycles.